The molecule has 0 atom stereocenters. The van der Waals surface area contributed by atoms with Crippen LogP contribution in [0.2, 0.25) is 0 Å². The Balaban J connectivity index is 2.04. The van der Waals surface area contributed by atoms with E-state index in [1.807, 2.05) is 56.3 Å². The fourth-order valence-corrected chi connectivity index (χ4v) is 3.61. The SMILES string of the molecule is CC(=NCc1ccc2ccccc2c1-c1c(O)ccc2ccccc12)N(C)C. The van der Waals surface area contributed by atoms with Crippen molar-refractivity contribution in [3.8, 4) is 16.9 Å². The van der Waals surface area contributed by atoms with E-state index in [2.05, 4.69) is 36.4 Å². The molecular formula is C25H24N2O. The van der Waals surface area contributed by atoms with Crippen LogP contribution in [0.3, 0.4) is 0 Å². The van der Waals surface area contributed by atoms with Crippen molar-refractivity contribution in [2.24, 2.45) is 4.99 Å². The molecule has 1 N–H and O–H groups in total. The summed E-state index contributed by atoms with van der Waals surface area (Å²) < 4.78 is 0. The second-order valence-corrected chi connectivity index (χ2v) is 7.26. The number of phenols is 1. The molecule has 4 rings (SSSR count). The maximum Gasteiger partial charge on any atom is 0.124 e. The van der Waals surface area contributed by atoms with E-state index in [9.17, 15) is 5.11 Å². The third-order valence-corrected chi connectivity index (χ3v) is 5.30. The van der Waals surface area contributed by atoms with Gasteiger partial charge in [-0.3, -0.25) is 4.99 Å². The smallest absolute Gasteiger partial charge is 0.124 e. The van der Waals surface area contributed by atoms with Gasteiger partial charge >= 0.3 is 0 Å². The molecule has 3 heteroatoms. The monoisotopic (exact) mass is 368 g/mol. The van der Waals surface area contributed by atoms with Gasteiger partial charge in [0.25, 0.3) is 0 Å². The van der Waals surface area contributed by atoms with Gasteiger partial charge in [0.2, 0.25) is 0 Å². The van der Waals surface area contributed by atoms with E-state index in [0.717, 1.165) is 44.1 Å². The fraction of sp³-hybridized carbons (Fsp3) is 0.160. The third kappa shape index (κ3) is 3.20. The molecule has 0 fully saturated rings. The van der Waals surface area contributed by atoms with Gasteiger partial charge in [0.1, 0.15) is 5.75 Å². The molecule has 0 aliphatic heterocycles. The summed E-state index contributed by atoms with van der Waals surface area (Å²) in [6.07, 6.45) is 0. The first kappa shape index (κ1) is 18.1. The largest absolute Gasteiger partial charge is 0.507 e. The van der Waals surface area contributed by atoms with Crippen LogP contribution in [0.4, 0.5) is 0 Å². The summed E-state index contributed by atoms with van der Waals surface area (Å²) in [4.78, 5) is 6.77. The second-order valence-electron chi connectivity index (χ2n) is 7.26. The molecule has 0 unspecified atom stereocenters. The molecule has 0 spiro atoms. The van der Waals surface area contributed by atoms with E-state index >= 15 is 0 Å². The van der Waals surface area contributed by atoms with Crippen molar-refractivity contribution in [1.82, 2.24) is 4.90 Å². The summed E-state index contributed by atoms with van der Waals surface area (Å²) >= 11 is 0. The molecule has 3 nitrogen and oxygen atoms in total. The summed E-state index contributed by atoms with van der Waals surface area (Å²) in [5.74, 6) is 1.27. The number of fused-ring (bicyclic) bond motifs is 2. The van der Waals surface area contributed by atoms with Crippen LogP contribution < -0.4 is 0 Å². The van der Waals surface area contributed by atoms with Crippen LogP contribution in [-0.4, -0.2) is 29.9 Å². The van der Waals surface area contributed by atoms with Crippen LogP contribution in [0.1, 0.15) is 12.5 Å². The second kappa shape index (κ2) is 7.35. The van der Waals surface area contributed by atoms with Gasteiger partial charge in [-0.15, -0.1) is 0 Å². The van der Waals surface area contributed by atoms with Crippen molar-refractivity contribution in [2.45, 2.75) is 13.5 Å². The van der Waals surface area contributed by atoms with Gasteiger partial charge in [0, 0.05) is 19.7 Å². The Morgan fingerprint density at radius 3 is 2.00 bits per heavy atom. The van der Waals surface area contributed by atoms with Gasteiger partial charge in [-0.2, -0.15) is 0 Å². The van der Waals surface area contributed by atoms with Gasteiger partial charge in [0.05, 0.1) is 12.4 Å². The van der Waals surface area contributed by atoms with Crippen molar-refractivity contribution in [2.75, 3.05) is 14.1 Å². The summed E-state index contributed by atoms with van der Waals surface area (Å²) in [5.41, 5.74) is 3.04. The molecule has 0 bridgehead atoms. The lowest BCUT2D eigenvalue weighted by molar-refractivity contribution is 0.478. The standard InChI is InChI=1S/C25H24N2O/c1-17(27(2)3)26-16-20-13-12-18-8-4-6-10-21(18)24(20)25-22-11-7-5-9-19(22)14-15-23(25)28/h4-15,28H,16H2,1-3H3. The quantitative estimate of drug-likeness (QED) is 0.364. The molecule has 0 amide bonds. The average Bonchev–Trinajstić information content (AvgIpc) is 2.72. The molecule has 4 aromatic rings. The lowest BCUT2D eigenvalue weighted by Gasteiger charge is -2.17. The minimum Gasteiger partial charge on any atom is -0.507 e. The number of hydrogen-bond acceptors (Lipinski definition) is 2. The zero-order valence-corrected chi connectivity index (χ0v) is 16.5. The normalized spacial score (nSPS) is 11.9. The molecule has 0 aromatic heterocycles. The van der Waals surface area contributed by atoms with Gasteiger partial charge in [-0.05, 0) is 45.7 Å². The lowest BCUT2D eigenvalue weighted by atomic mass is 9.89. The molecule has 0 aliphatic carbocycles. The maximum absolute atomic E-state index is 10.9. The molecule has 0 saturated heterocycles. The zero-order chi connectivity index (χ0) is 19.7. The Hall–Kier alpha value is -3.33. The summed E-state index contributed by atoms with van der Waals surface area (Å²) in [5, 5.41) is 15.3. The predicted octanol–water partition coefficient (Wildman–Crippen LogP) is 5.85. The third-order valence-electron chi connectivity index (χ3n) is 5.30. The number of aromatic hydroxyl groups is 1. The van der Waals surface area contributed by atoms with Crippen molar-refractivity contribution in [1.29, 1.82) is 0 Å². The Morgan fingerprint density at radius 2 is 1.36 bits per heavy atom. The molecule has 0 aliphatic rings. The topological polar surface area (TPSA) is 35.8 Å². The van der Waals surface area contributed by atoms with Crippen LogP contribution >= 0.6 is 0 Å². The minimum atomic E-state index is 0.296. The molecular weight excluding hydrogens is 344 g/mol. The number of amidine groups is 1. The van der Waals surface area contributed by atoms with Gasteiger partial charge in [-0.25, -0.2) is 0 Å². The number of rotatable bonds is 3. The maximum atomic E-state index is 10.9. The van der Waals surface area contributed by atoms with Crippen molar-refractivity contribution >= 4 is 27.4 Å². The van der Waals surface area contributed by atoms with E-state index in [1.54, 1.807) is 6.07 Å². The highest BCUT2D eigenvalue weighted by atomic mass is 16.3. The first-order valence-corrected chi connectivity index (χ1v) is 9.46. The van der Waals surface area contributed by atoms with Gasteiger partial charge in [0.15, 0.2) is 0 Å². The molecule has 28 heavy (non-hydrogen) atoms. The van der Waals surface area contributed by atoms with Crippen molar-refractivity contribution < 1.29 is 5.11 Å². The van der Waals surface area contributed by atoms with E-state index in [-0.39, 0.29) is 0 Å². The molecule has 140 valence electrons. The number of benzene rings is 4. The van der Waals surface area contributed by atoms with Crippen LogP contribution in [0.15, 0.2) is 77.8 Å². The van der Waals surface area contributed by atoms with Crippen LogP contribution in [0, 0.1) is 0 Å². The first-order valence-electron chi connectivity index (χ1n) is 9.46. The van der Waals surface area contributed by atoms with Crippen LogP contribution in [-0.2, 0) is 6.54 Å². The average molecular weight is 368 g/mol. The van der Waals surface area contributed by atoms with E-state index in [0.29, 0.717) is 12.3 Å². The highest BCUT2D eigenvalue weighted by molar-refractivity contribution is 6.08. The number of nitrogens with zero attached hydrogens (tertiary/aromatic N) is 2. The van der Waals surface area contributed by atoms with Crippen LogP contribution in [0.5, 0.6) is 5.75 Å². The van der Waals surface area contributed by atoms with E-state index in [4.69, 9.17) is 4.99 Å². The molecule has 0 heterocycles. The summed E-state index contributed by atoms with van der Waals surface area (Å²) in [7, 11) is 3.99. The number of phenolic OH excluding ortho intramolecular Hbond substituents is 1. The van der Waals surface area contributed by atoms with E-state index in [1.165, 1.54) is 0 Å². The highest BCUT2D eigenvalue weighted by Gasteiger charge is 2.16. The molecule has 4 aromatic carbocycles. The Bertz CT molecular complexity index is 1190. The van der Waals surface area contributed by atoms with E-state index < -0.39 is 0 Å². The lowest BCUT2D eigenvalue weighted by Crippen LogP contribution is -2.18. The number of aliphatic imine (C=N–C) groups is 1. The van der Waals surface area contributed by atoms with Crippen molar-refractivity contribution in [3.63, 3.8) is 0 Å². The van der Waals surface area contributed by atoms with Crippen LogP contribution in [0.25, 0.3) is 32.7 Å². The number of hydrogen-bond donors (Lipinski definition) is 1. The highest BCUT2D eigenvalue weighted by Crippen LogP contribution is 2.42. The first-order chi connectivity index (χ1) is 13.6. The summed E-state index contributed by atoms with van der Waals surface area (Å²) in [6, 6.07) is 24.5. The summed E-state index contributed by atoms with van der Waals surface area (Å²) in [6.45, 7) is 2.57. The Kier molecular flexibility index (Phi) is 4.74. The Labute approximate surface area is 165 Å². The Morgan fingerprint density at radius 1 is 0.786 bits per heavy atom. The minimum absolute atomic E-state index is 0.296. The van der Waals surface area contributed by atoms with Crippen molar-refractivity contribution in [3.05, 3.63) is 78.4 Å². The fourth-order valence-electron chi connectivity index (χ4n) is 3.61. The van der Waals surface area contributed by atoms with Gasteiger partial charge in [-0.1, -0.05) is 66.7 Å². The predicted molar refractivity (Wildman–Crippen MR) is 119 cm³/mol. The zero-order valence-electron chi connectivity index (χ0n) is 16.5. The molecule has 0 radical (unpaired) electrons. The van der Waals surface area contributed by atoms with Gasteiger partial charge < -0.3 is 10.0 Å². The molecule has 0 saturated carbocycles.